The third-order valence-corrected chi connectivity index (χ3v) is 3.01. The summed E-state index contributed by atoms with van der Waals surface area (Å²) >= 11 is 0. The van der Waals surface area contributed by atoms with Crippen molar-refractivity contribution in [3.8, 4) is 17.2 Å². The van der Waals surface area contributed by atoms with Crippen LogP contribution in [-0.2, 0) is 6.42 Å². The minimum absolute atomic E-state index is 0.00541. The largest absolute Gasteiger partial charge is 0.396 e. The number of nitrogens with zero attached hydrogens (tertiary/aromatic N) is 2. The molecule has 0 heterocycles. The highest BCUT2D eigenvalue weighted by Crippen LogP contribution is 2.28. The van der Waals surface area contributed by atoms with Gasteiger partial charge in [0, 0.05) is 18.7 Å². The van der Waals surface area contributed by atoms with Gasteiger partial charge < -0.3 is 5.11 Å². The Morgan fingerprint density at radius 3 is 2.45 bits per heavy atom. The normalized spacial score (nSPS) is 10.0. The summed E-state index contributed by atoms with van der Waals surface area (Å²) in [5.41, 5.74) is 2.97. The molecule has 0 saturated carbocycles. The number of nitriles is 1. The Bertz CT molecular complexity index is 673. The first-order valence-electron chi connectivity index (χ1n) is 6.04. The second kappa shape index (κ2) is 5.95. The summed E-state index contributed by atoms with van der Waals surface area (Å²) in [6.07, 6.45) is 0.344. The topological polar surface area (TPSA) is 87.2 Å². The zero-order chi connectivity index (χ0) is 14.5. The summed E-state index contributed by atoms with van der Waals surface area (Å²) in [5.74, 6) is 0. The molecule has 0 unspecified atom stereocenters. The Morgan fingerprint density at radius 2 is 1.90 bits per heavy atom. The maximum Gasteiger partial charge on any atom is 0.269 e. The van der Waals surface area contributed by atoms with Gasteiger partial charge in [-0.05, 0) is 41.3 Å². The number of hydrogen-bond donors (Lipinski definition) is 1. The minimum atomic E-state index is -0.455. The molecule has 2 aromatic carbocycles. The van der Waals surface area contributed by atoms with Crippen molar-refractivity contribution in [2.24, 2.45) is 0 Å². The first-order chi connectivity index (χ1) is 9.65. The van der Waals surface area contributed by atoms with Crippen LogP contribution < -0.4 is 0 Å². The standard InChI is InChI=1S/C15H12N2O3/c16-10-11-1-3-12(4-2-11)15-6-5-14(17(19)20)9-13(15)7-8-18/h1-6,9,18H,7-8H2. The molecule has 0 spiro atoms. The monoisotopic (exact) mass is 268 g/mol. The van der Waals surface area contributed by atoms with Gasteiger partial charge in [-0.25, -0.2) is 0 Å². The first kappa shape index (κ1) is 13.7. The van der Waals surface area contributed by atoms with Crippen molar-refractivity contribution in [1.29, 1.82) is 5.26 Å². The Morgan fingerprint density at radius 1 is 1.20 bits per heavy atom. The van der Waals surface area contributed by atoms with Crippen LogP contribution in [-0.4, -0.2) is 16.6 Å². The lowest BCUT2D eigenvalue weighted by Crippen LogP contribution is -1.97. The molecule has 0 radical (unpaired) electrons. The van der Waals surface area contributed by atoms with E-state index in [2.05, 4.69) is 0 Å². The molecule has 0 aliphatic rings. The van der Waals surface area contributed by atoms with Gasteiger partial charge in [-0.1, -0.05) is 12.1 Å². The Kier molecular flexibility index (Phi) is 4.08. The van der Waals surface area contributed by atoms with Crippen LogP contribution in [0.25, 0.3) is 11.1 Å². The molecular weight excluding hydrogens is 256 g/mol. The van der Waals surface area contributed by atoms with Crippen molar-refractivity contribution in [3.05, 3.63) is 63.7 Å². The highest BCUT2D eigenvalue weighted by atomic mass is 16.6. The van der Waals surface area contributed by atoms with E-state index in [4.69, 9.17) is 10.4 Å². The molecule has 2 rings (SSSR count). The van der Waals surface area contributed by atoms with E-state index in [1.54, 1.807) is 30.3 Å². The smallest absolute Gasteiger partial charge is 0.269 e. The zero-order valence-corrected chi connectivity index (χ0v) is 10.6. The van der Waals surface area contributed by atoms with E-state index in [0.29, 0.717) is 17.5 Å². The SMILES string of the molecule is N#Cc1ccc(-c2ccc([N+](=O)[O-])cc2CCO)cc1. The summed E-state index contributed by atoms with van der Waals surface area (Å²) in [7, 11) is 0. The molecule has 0 bridgehead atoms. The second-order valence-corrected chi connectivity index (χ2v) is 4.26. The van der Waals surface area contributed by atoms with Crippen LogP contribution in [0.15, 0.2) is 42.5 Å². The molecule has 2 aromatic rings. The van der Waals surface area contributed by atoms with E-state index in [0.717, 1.165) is 11.1 Å². The predicted molar refractivity (Wildman–Crippen MR) is 74.0 cm³/mol. The highest BCUT2D eigenvalue weighted by molar-refractivity contribution is 5.69. The van der Waals surface area contributed by atoms with Crippen LogP contribution in [0.2, 0.25) is 0 Å². The van der Waals surface area contributed by atoms with Gasteiger partial charge in [0.1, 0.15) is 0 Å². The lowest BCUT2D eigenvalue weighted by molar-refractivity contribution is -0.384. The quantitative estimate of drug-likeness (QED) is 0.682. The lowest BCUT2D eigenvalue weighted by atomic mass is 9.96. The Hall–Kier alpha value is -2.71. The molecule has 0 aliphatic heterocycles. The second-order valence-electron chi connectivity index (χ2n) is 4.26. The maximum absolute atomic E-state index is 10.8. The summed E-state index contributed by atoms with van der Waals surface area (Å²) in [6, 6.07) is 13.6. The van der Waals surface area contributed by atoms with Gasteiger partial charge in [-0.2, -0.15) is 5.26 Å². The van der Waals surface area contributed by atoms with Gasteiger partial charge in [-0.3, -0.25) is 10.1 Å². The van der Waals surface area contributed by atoms with E-state index in [1.807, 2.05) is 6.07 Å². The molecule has 5 nitrogen and oxygen atoms in total. The van der Waals surface area contributed by atoms with E-state index >= 15 is 0 Å². The van der Waals surface area contributed by atoms with Gasteiger partial charge in [0.2, 0.25) is 0 Å². The molecule has 1 N–H and O–H groups in total. The van der Waals surface area contributed by atoms with Crippen molar-refractivity contribution < 1.29 is 10.0 Å². The highest BCUT2D eigenvalue weighted by Gasteiger charge is 2.11. The van der Waals surface area contributed by atoms with Crippen molar-refractivity contribution >= 4 is 5.69 Å². The molecule has 0 aliphatic carbocycles. The van der Waals surface area contributed by atoms with E-state index in [9.17, 15) is 10.1 Å². The lowest BCUT2D eigenvalue weighted by Gasteiger charge is -2.09. The number of non-ortho nitro benzene ring substituents is 1. The van der Waals surface area contributed by atoms with Crippen LogP contribution in [0, 0.1) is 21.4 Å². The van der Waals surface area contributed by atoms with Crippen molar-refractivity contribution in [1.82, 2.24) is 0 Å². The molecular formula is C15H12N2O3. The average molecular weight is 268 g/mol. The Labute approximate surface area is 115 Å². The van der Waals surface area contributed by atoms with Gasteiger partial charge in [0.05, 0.1) is 16.6 Å². The van der Waals surface area contributed by atoms with Gasteiger partial charge in [-0.15, -0.1) is 0 Å². The molecule has 0 amide bonds. The van der Waals surface area contributed by atoms with E-state index in [1.165, 1.54) is 12.1 Å². The number of hydrogen-bond acceptors (Lipinski definition) is 4. The van der Waals surface area contributed by atoms with Crippen LogP contribution in [0.1, 0.15) is 11.1 Å². The molecule has 20 heavy (non-hydrogen) atoms. The van der Waals surface area contributed by atoms with Crippen molar-refractivity contribution in [2.45, 2.75) is 6.42 Å². The number of nitro groups is 1. The fourth-order valence-electron chi connectivity index (χ4n) is 2.03. The number of benzene rings is 2. The summed E-state index contributed by atoms with van der Waals surface area (Å²) in [5, 5.41) is 28.7. The fourth-order valence-corrected chi connectivity index (χ4v) is 2.03. The van der Waals surface area contributed by atoms with Crippen LogP contribution in [0.3, 0.4) is 0 Å². The Balaban J connectivity index is 2.48. The van der Waals surface area contributed by atoms with Crippen LogP contribution in [0.4, 0.5) is 5.69 Å². The number of aliphatic hydroxyl groups is 1. The molecule has 0 aromatic heterocycles. The van der Waals surface area contributed by atoms with Crippen LogP contribution >= 0.6 is 0 Å². The molecule has 0 saturated heterocycles. The predicted octanol–water partition coefficient (Wildman–Crippen LogP) is 2.67. The number of rotatable bonds is 4. The van der Waals surface area contributed by atoms with Gasteiger partial charge in [0.25, 0.3) is 5.69 Å². The number of aliphatic hydroxyl groups excluding tert-OH is 1. The summed E-state index contributed by atoms with van der Waals surface area (Å²) < 4.78 is 0. The molecule has 0 atom stereocenters. The van der Waals surface area contributed by atoms with Crippen molar-refractivity contribution in [2.75, 3.05) is 6.61 Å². The van der Waals surface area contributed by atoms with Crippen molar-refractivity contribution in [3.63, 3.8) is 0 Å². The first-order valence-corrected chi connectivity index (χ1v) is 6.04. The zero-order valence-electron chi connectivity index (χ0n) is 10.6. The maximum atomic E-state index is 10.8. The summed E-state index contributed by atoms with van der Waals surface area (Å²) in [6.45, 7) is -0.0789. The summed E-state index contributed by atoms with van der Waals surface area (Å²) in [4.78, 5) is 10.3. The van der Waals surface area contributed by atoms with E-state index in [-0.39, 0.29) is 12.3 Å². The molecule has 100 valence electrons. The molecule has 0 fully saturated rings. The third-order valence-electron chi connectivity index (χ3n) is 3.01. The van der Waals surface area contributed by atoms with Gasteiger partial charge >= 0.3 is 0 Å². The van der Waals surface area contributed by atoms with Gasteiger partial charge in [0.15, 0.2) is 0 Å². The van der Waals surface area contributed by atoms with Crippen LogP contribution in [0.5, 0.6) is 0 Å². The fraction of sp³-hybridized carbons (Fsp3) is 0.133. The average Bonchev–Trinajstić information content (AvgIpc) is 2.47. The number of nitro benzene ring substituents is 1. The third kappa shape index (κ3) is 2.82. The molecule has 5 heteroatoms. The minimum Gasteiger partial charge on any atom is -0.396 e. The van der Waals surface area contributed by atoms with E-state index < -0.39 is 4.92 Å².